The van der Waals surface area contributed by atoms with E-state index in [0.717, 1.165) is 27.7 Å². The van der Waals surface area contributed by atoms with Crippen LogP contribution in [0.2, 0.25) is 0 Å². The maximum absolute atomic E-state index is 12.3. The average Bonchev–Trinajstić information content (AvgIpc) is 2.94. The third-order valence-electron chi connectivity index (χ3n) is 3.90. The van der Waals surface area contributed by atoms with E-state index in [2.05, 4.69) is 32.8 Å². The van der Waals surface area contributed by atoms with Crippen molar-refractivity contribution in [3.63, 3.8) is 0 Å². The quantitative estimate of drug-likeness (QED) is 0.625. The molecule has 0 bridgehead atoms. The summed E-state index contributed by atoms with van der Waals surface area (Å²) in [7, 11) is 0. The van der Waals surface area contributed by atoms with Crippen molar-refractivity contribution in [3.05, 3.63) is 34.1 Å². The Hall–Kier alpha value is -1.62. The lowest BCUT2D eigenvalue weighted by Crippen LogP contribution is -2.44. The molecular formula is C20H31BrN2O2. The smallest absolute Gasteiger partial charge is 0.225 e. The van der Waals surface area contributed by atoms with Crippen molar-refractivity contribution in [1.82, 2.24) is 10.3 Å². The van der Waals surface area contributed by atoms with Gasteiger partial charge in [0.2, 0.25) is 5.91 Å². The van der Waals surface area contributed by atoms with E-state index < -0.39 is 6.04 Å². The standard InChI is InChI=1S/C18H25BrN2O2.C2H6/c1-6-11(3)18(13(5)22)21-17(23)9-14-10-20-16(7-2)15(14)8-12(4)19;1-2/h7-8,10-11,18,20H,2,6,9H2,1,3-5H3,(H,21,23);1-2H3/b12-8+;/t11-,18?;/m0./s1. The van der Waals surface area contributed by atoms with Gasteiger partial charge in [-0.1, -0.05) is 56.6 Å². The number of aromatic nitrogens is 1. The number of nitrogens with one attached hydrogen (secondary N) is 2. The summed E-state index contributed by atoms with van der Waals surface area (Å²) in [6.45, 7) is 15.2. The zero-order valence-corrected chi connectivity index (χ0v) is 17.8. The second kappa shape index (κ2) is 11.9. The van der Waals surface area contributed by atoms with Gasteiger partial charge in [0, 0.05) is 17.5 Å². The van der Waals surface area contributed by atoms with E-state index >= 15 is 0 Å². The predicted molar refractivity (Wildman–Crippen MR) is 111 cm³/mol. The van der Waals surface area contributed by atoms with Gasteiger partial charge in [-0.25, -0.2) is 0 Å². The van der Waals surface area contributed by atoms with E-state index in [9.17, 15) is 9.59 Å². The summed E-state index contributed by atoms with van der Waals surface area (Å²) >= 11 is 3.42. The Bertz CT molecular complexity index is 613. The van der Waals surface area contributed by atoms with E-state index in [1.54, 1.807) is 6.08 Å². The number of hydrogen-bond donors (Lipinski definition) is 2. The van der Waals surface area contributed by atoms with Gasteiger partial charge in [-0.15, -0.1) is 0 Å². The third-order valence-corrected chi connectivity index (χ3v) is 4.13. The van der Waals surface area contributed by atoms with Crippen LogP contribution in [0, 0.1) is 5.92 Å². The number of rotatable bonds is 8. The number of carbonyl (C=O) groups excluding carboxylic acids is 2. The van der Waals surface area contributed by atoms with Crippen molar-refractivity contribution in [2.24, 2.45) is 5.92 Å². The molecule has 2 N–H and O–H groups in total. The fourth-order valence-electron chi connectivity index (χ4n) is 2.46. The molecule has 0 aliphatic heterocycles. The first-order valence-corrected chi connectivity index (χ1v) is 9.55. The number of aromatic amines is 1. The van der Waals surface area contributed by atoms with E-state index in [1.807, 2.05) is 46.9 Å². The molecule has 140 valence electrons. The van der Waals surface area contributed by atoms with Crippen LogP contribution in [-0.4, -0.2) is 22.7 Å². The number of H-pyrrole nitrogens is 1. The SMILES string of the molecule is C=Cc1[nH]cc(CC(=O)NC(C(C)=O)[C@@H](C)CC)c1/C=C(\C)Br.CC. The minimum atomic E-state index is -0.429. The maximum atomic E-state index is 12.3. The molecule has 25 heavy (non-hydrogen) atoms. The molecule has 1 amide bonds. The van der Waals surface area contributed by atoms with Crippen molar-refractivity contribution < 1.29 is 9.59 Å². The second-order valence-electron chi connectivity index (χ2n) is 5.79. The minimum absolute atomic E-state index is 0.00929. The number of Topliss-reactive ketones (excluding diaryl/α,β-unsaturated/α-hetero) is 1. The second-order valence-corrected chi connectivity index (χ2v) is 7.05. The van der Waals surface area contributed by atoms with Crippen LogP contribution in [0.1, 0.15) is 64.8 Å². The molecular weight excluding hydrogens is 380 g/mol. The highest BCUT2D eigenvalue weighted by molar-refractivity contribution is 9.11. The van der Waals surface area contributed by atoms with E-state index in [0.29, 0.717) is 0 Å². The monoisotopic (exact) mass is 410 g/mol. The summed E-state index contributed by atoms with van der Waals surface area (Å²) in [6, 6.07) is -0.429. The van der Waals surface area contributed by atoms with Gasteiger partial charge < -0.3 is 10.3 Å². The van der Waals surface area contributed by atoms with Crippen molar-refractivity contribution in [2.75, 3.05) is 0 Å². The molecule has 0 spiro atoms. The maximum Gasteiger partial charge on any atom is 0.225 e. The summed E-state index contributed by atoms with van der Waals surface area (Å²) < 4.78 is 0.961. The van der Waals surface area contributed by atoms with E-state index in [1.165, 1.54) is 6.92 Å². The lowest BCUT2D eigenvalue weighted by atomic mass is 9.95. The first kappa shape index (κ1) is 23.4. The normalized spacial score (nSPS) is 13.3. The van der Waals surface area contributed by atoms with Gasteiger partial charge in [0.05, 0.1) is 12.5 Å². The van der Waals surface area contributed by atoms with Gasteiger partial charge in [-0.2, -0.15) is 0 Å². The Morgan fingerprint density at radius 1 is 1.36 bits per heavy atom. The van der Waals surface area contributed by atoms with Crippen LogP contribution in [-0.2, 0) is 16.0 Å². The molecule has 0 saturated carbocycles. The highest BCUT2D eigenvalue weighted by atomic mass is 79.9. The number of carbonyl (C=O) groups is 2. The van der Waals surface area contributed by atoms with Crippen LogP contribution in [0.15, 0.2) is 17.3 Å². The largest absolute Gasteiger partial charge is 0.361 e. The van der Waals surface area contributed by atoms with Crippen molar-refractivity contribution in [1.29, 1.82) is 0 Å². The lowest BCUT2D eigenvalue weighted by Gasteiger charge is -2.21. The highest BCUT2D eigenvalue weighted by Crippen LogP contribution is 2.21. The van der Waals surface area contributed by atoms with Crippen LogP contribution in [0.5, 0.6) is 0 Å². The van der Waals surface area contributed by atoms with Crippen LogP contribution in [0.25, 0.3) is 12.2 Å². The summed E-state index contributed by atoms with van der Waals surface area (Å²) in [4.78, 5) is 27.2. The predicted octanol–water partition coefficient (Wildman–Crippen LogP) is 5.10. The fourth-order valence-corrected chi connectivity index (χ4v) is 2.68. The molecule has 0 radical (unpaired) electrons. The van der Waals surface area contributed by atoms with Gasteiger partial charge in [-0.05, 0) is 42.0 Å². The number of ketones is 1. The zero-order valence-electron chi connectivity index (χ0n) is 16.2. The Labute approximate surface area is 160 Å². The van der Waals surface area contributed by atoms with Crippen LogP contribution < -0.4 is 5.32 Å². The van der Waals surface area contributed by atoms with Crippen molar-refractivity contribution in [3.8, 4) is 0 Å². The molecule has 0 aliphatic rings. The van der Waals surface area contributed by atoms with Gasteiger partial charge >= 0.3 is 0 Å². The first-order chi connectivity index (χ1) is 11.8. The summed E-state index contributed by atoms with van der Waals surface area (Å²) in [5.74, 6) is -0.0393. The van der Waals surface area contributed by atoms with Crippen LogP contribution in [0.4, 0.5) is 0 Å². The molecule has 1 aromatic rings. The van der Waals surface area contributed by atoms with Gasteiger partial charge in [0.15, 0.2) is 5.78 Å². The molecule has 1 aromatic heterocycles. The first-order valence-electron chi connectivity index (χ1n) is 8.76. The molecule has 0 aromatic carbocycles. The Morgan fingerprint density at radius 3 is 2.40 bits per heavy atom. The van der Waals surface area contributed by atoms with Gasteiger partial charge in [0.1, 0.15) is 0 Å². The topological polar surface area (TPSA) is 62.0 Å². The van der Waals surface area contributed by atoms with E-state index in [4.69, 9.17) is 0 Å². The van der Waals surface area contributed by atoms with Crippen molar-refractivity contribution in [2.45, 2.75) is 60.4 Å². The third kappa shape index (κ3) is 7.43. The number of halogens is 1. The number of allylic oxidation sites excluding steroid dienone is 1. The van der Waals surface area contributed by atoms with Crippen LogP contribution >= 0.6 is 15.9 Å². The fraction of sp³-hybridized carbons (Fsp3) is 0.500. The summed E-state index contributed by atoms with van der Waals surface area (Å²) in [5.41, 5.74) is 2.69. The summed E-state index contributed by atoms with van der Waals surface area (Å²) in [5, 5.41) is 2.86. The highest BCUT2D eigenvalue weighted by Gasteiger charge is 2.23. The molecule has 1 heterocycles. The lowest BCUT2D eigenvalue weighted by molar-refractivity contribution is -0.127. The number of amides is 1. The Kier molecular flexibility index (Phi) is 11.1. The van der Waals surface area contributed by atoms with Gasteiger partial charge in [-0.3, -0.25) is 9.59 Å². The van der Waals surface area contributed by atoms with Gasteiger partial charge in [0.25, 0.3) is 0 Å². The Balaban J connectivity index is 0.00000277. The molecule has 0 fully saturated rings. The molecule has 0 saturated heterocycles. The molecule has 0 aliphatic carbocycles. The van der Waals surface area contributed by atoms with Crippen molar-refractivity contribution >= 4 is 39.8 Å². The van der Waals surface area contributed by atoms with E-state index in [-0.39, 0.29) is 24.0 Å². The molecule has 1 rings (SSSR count). The summed E-state index contributed by atoms with van der Waals surface area (Å²) in [6.07, 6.45) is 6.54. The molecule has 2 atom stereocenters. The zero-order chi connectivity index (χ0) is 19.6. The average molecular weight is 411 g/mol. The molecule has 5 heteroatoms. The molecule has 1 unspecified atom stereocenters. The Morgan fingerprint density at radius 2 is 1.96 bits per heavy atom. The minimum Gasteiger partial charge on any atom is -0.361 e. The van der Waals surface area contributed by atoms with Crippen LogP contribution in [0.3, 0.4) is 0 Å². The molecule has 4 nitrogen and oxygen atoms in total. The number of hydrogen-bond acceptors (Lipinski definition) is 2.